The minimum absolute atomic E-state index is 0.0408. The molecular weight excluding hydrogens is 328 g/mol. The zero-order valence-corrected chi connectivity index (χ0v) is 14.9. The first-order valence-electron chi connectivity index (χ1n) is 9.54. The van der Waals surface area contributed by atoms with Gasteiger partial charge in [-0.2, -0.15) is 0 Å². The first kappa shape index (κ1) is 17.2. The number of carbonyl (C=O) groups excluding carboxylic acids is 1. The molecule has 2 atom stereocenters. The molecule has 26 heavy (non-hydrogen) atoms. The maximum absolute atomic E-state index is 12.6. The first-order valence-corrected chi connectivity index (χ1v) is 9.54. The Labute approximate surface area is 153 Å². The molecule has 1 saturated heterocycles. The number of amides is 1. The van der Waals surface area contributed by atoms with E-state index in [9.17, 15) is 4.79 Å². The van der Waals surface area contributed by atoms with Crippen LogP contribution in [0.25, 0.3) is 5.82 Å². The monoisotopic (exact) mass is 354 g/mol. The van der Waals surface area contributed by atoms with Crippen molar-refractivity contribution in [3.05, 3.63) is 42.6 Å². The van der Waals surface area contributed by atoms with Crippen LogP contribution in [-0.4, -0.2) is 32.6 Å². The molecule has 138 valence electrons. The van der Waals surface area contributed by atoms with E-state index >= 15 is 0 Å². The van der Waals surface area contributed by atoms with E-state index in [-0.39, 0.29) is 12.1 Å². The fourth-order valence-corrected chi connectivity index (χ4v) is 4.03. The number of nitrogens with zero attached hydrogens (tertiary/aromatic N) is 3. The molecule has 1 saturated carbocycles. The third-order valence-electron chi connectivity index (χ3n) is 5.41. The number of imidazole rings is 1. The minimum Gasteiger partial charge on any atom is -0.335 e. The number of hydrogen-bond acceptors (Lipinski definition) is 5. The molecule has 2 aromatic heterocycles. The lowest BCUT2D eigenvalue weighted by molar-refractivity contribution is 0.0932. The van der Waals surface area contributed by atoms with Crippen molar-refractivity contribution in [2.75, 3.05) is 0 Å². The van der Waals surface area contributed by atoms with E-state index in [4.69, 9.17) is 0 Å². The van der Waals surface area contributed by atoms with Crippen LogP contribution in [0.5, 0.6) is 0 Å². The number of hydrogen-bond donors (Lipinski definition) is 3. The van der Waals surface area contributed by atoms with Crippen molar-refractivity contribution in [3.63, 3.8) is 0 Å². The number of hydrazine groups is 1. The number of carbonyl (C=O) groups is 1. The number of rotatable bonds is 5. The van der Waals surface area contributed by atoms with E-state index in [1.165, 1.54) is 38.5 Å². The Morgan fingerprint density at radius 2 is 2.12 bits per heavy atom. The standard InChI is InChI=1S/C19H26N6O/c26-19(15-6-7-21-18(11-15)25-9-8-20-13-25)22-17-12-16(23-24-17)10-14-4-2-1-3-5-14/h6-9,11,13-14,16-17,23-24H,1-5,10,12H2,(H,22,26). The van der Waals surface area contributed by atoms with Gasteiger partial charge in [-0.3, -0.25) is 14.8 Å². The Bertz CT molecular complexity index is 725. The summed E-state index contributed by atoms with van der Waals surface area (Å²) in [6.45, 7) is 0. The highest BCUT2D eigenvalue weighted by Crippen LogP contribution is 2.28. The van der Waals surface area contributed by atoms with Crippen LogP contribution >= 0.6 is 0 Å². The second-order valence-electron chi connectivity index (χ2n) is 7.36. The number of pyridine rings is 1. The van der Waals surface area contributed by atoms with E-state index in [1.54, 1.807) is 35.4 Å². The van der Waals surface area contributed by atoms with Gasteiger partial charge in [-0.15, -0.1) is 0 Å². The van der Waals surface area contributed by atoms with Gasteiger partial charge in [-0.1, -0.05) is 32.1 Å². The molecule has 2 aliphatic rings. The molecule has 0 spiro atoms. The smallest absolute Gasteiger partial charge is 0.252 e. The van der Waals surface area contributed by atoms with Crippen LogP contribution in [0.15, 0.2) is 37.1 Å². The van der Waals surface area contributed by atoms with Crippen LogP contribution in [0.2, 0.25) is 0 Å². The molecule has 1 amide bonds. The summed E-state index contributed by atoms with van der Waals surface area (Å²) in [6.07, 6.45) is 15.7. The molecule has 1 aliphatic heterocycles. The van der Waals surface area contributed by atoms with Gasteiger partial charge in [0.1, 0.15) is 12.1 Å². The third kappa shape index (κ3) is 4.11. The van der Waals surface area contributed by atoms with Crippen molar-refractivity contribution in [1.82, 2.24) is 30.7 Å². The van der Waals surface area contributed by atoms with Gasteiger partial charge in [0.25, 0.3) is 5.91 Å². The normalized spacial score (nSPS) is 23.8. The quantitative estimate of drug-likeness (QED) is 0.766. The van der Waals surface area contributed by atoms with Crippen LogP contribution in [0.3, 0.4) is 0 Å². The van der Waals surface area contributed by atoms with E-state index in [2.05, 4.69) is 26.1 Å². The Balaban J connectivity index is 1.32. The first-order chi connectivity index (χ1) is 12.8. The molecular formula is C19H26N6O. The van der Waals surface area contributed by atoms with Crippen LogP contribution in [0.1, 0.15) is 55.3 Å². The minimum atomic E-state index is -0.0913. The lowest BCUT2D eigenvalue weighted by Crippen LogP contribution is -2.44. The summed E-state index contributed by atoms with van der Waals surface area (Å²) >= 11 is 0. The van der Waals surface area contributed by atoms with Gasteiger partial charge in [0.2, 0.25) is 0 Å². The van der Waals surface area contributed by atoms with Crippen LogP contribution in [-0.2, 0) is 0 Å². The molecule has 3 N–H and O–H groups in total. The van der Waals surface area contributed by atoms with Crippen molar-refractivity contribution in [3.8, 4) is 5.82 Å². The highest BCUT2D eigenvalue weighted by molar-refractivity contribution is 5.94. The lowest BCUT2D eigenvalue weighted by atomic mass is 9.84. The summed E-state index contributed by atoms with van der Waals surface area (Å²) in [5.41, 5.74) is 7.18. The molecule has 3 heterocycles. The molecule has 1 aliphatic carbocycles. The van der Waals surface area contributed by atoms with Crippen molar-refractivity contribution in [2.45, 2.75) is 57.2 Å². The van der Waals surface area contributed by atoms with Crippen molar-refractivity contribution in [1.29, 1.82) is 0 Å². The molecule has 2 fully saturated rings. The predicted octanol–water partition coefficient (Wildman–Crippen LogP) is 2.16. The Kier molecular flexibility index (Phi) is 5.26. The summed E-state index contributed by atoms with van der Waals surface area (Å²) in [7, 11) is 0. The second kappa shape index (κ2) is 7.97. The average molecular weight is 354 g/mol. The average Bonchev–Trinajstić information content (AvgIpc) is 3.35. The van der Waals surface area contributed by atoms with Gasteiger partial charge in [-0.05, 0) is 30.9 Å². The maximum Gasteiger partial charge on any atom is 0.252 e. The summed E-state index contributed by atoms with van der Waals surface area (Å²) in [5, 5.41) is 3.07. The third-order valence-corrected chi connectivity index (χ3v) is 5.41. The van der Waals surface area contributed by atoms with Crippen LogP contribution in [0, 0.1) is 5.92 Å². The lowest BCUT2D eigenvalue weighted by Gasteiger charge is -2.24. The van der Waals surface area contributed by atoms with Gasteiger partial charge in [0, 0.05) is 30.2 Å². The fourth-order valence-electron chi connectivity index (χ4n) is 4.03. The number of nitrogens with one attached hydrogen (secondary N) is 3. The van der Waals surface area contributed by atoms with Crippen molar-refractivity contribution < 1.29 is 4.79 Å². The molecule has 2 unspecified atom stereocenters. The van der Waals surface area contributed by atoms with E-state index < -0.39 is 0 Å². The van der Waals surface area contributed by atoms with Gasteiger partial charge in [-0.25, -0.2) is 15.4 Å². The summed E-state index contributed by atoms with van der Waals surface area (Å²) in [6, 6.07) is 3.94. The Hall–Kier alpha value is -2.25. The zero-order valence-electron chi connectivity index (χ0n) is 14.9. The molecule has 7 nitrogen and oxygen atoms in total. The van der Waals surface area contributed by atoms with Gasteiger partial charge in [0.15, 0.2) is 0 Å². The largest absolute Gasteiger partial charge is 0.335 e. The number of aromatic nitrogens is 3. The summed E-state index contributed by atoms with van der Waals surface area (Å²) in [5.74, 6) is 1.42. The molecule has 7 heteroatoms. The van der Waals surface area contributed by atoms with Crippen molar-refractivity contribution in [2.24, 2.45) is 5.92 Å². The molecule has 2 aromatic rings. The Morgan fingerprint density at radius 1 is 1.23 bits per heavy atom. The van der Waals surface area contributed by atoms with Gasteiger partial charge < -0.3 is 5.32 Å². The van der Waals surface area contributed by atoms with Crippen LogP contribution in [0.4, 0.5) is 0 Å². The molecule has 0 bridgehead atoms. The topological polar surface area (TPSA) is 83.9 Å². The Morgan fingerprint density at radius 3 is 2.92 bits per heavy atom. The van der Waals surface area contributed by atoms with Crippen molar-refractivity contribution >= 4 is 5.91 Å². The highest BCUT2D eigenvalue weighted by atomic mass is 16.1. The maximum atomic E-state index is 12.6. The fraction of sp³-hybridized carbons (Fsp3) is 0.526. The van der Waals surface area contributed by atoms with E-state index in [0.29, 0.717) is 17.4 Å². The SMILES string of the molecule is O=C(NC1CC(CC2CCCCC2)NN1)c1ccnc(-n2ccnc2)c1. The second-order valence-corrected chi connectivity index (χ2v) is 7.36. The van der Waals surface area contributed by atoms with Gasteiger partial charge in [0.05, 0.1) is 6.17 Å². The van der Waals surface area contributed by atoms with Crippen LogP contribution < -0.4 is 16.2 Å². The highest BCUT2D eigenvalue weighted by Gasteiger charge is 2.28. The summed E-state index contributed by atoms with van der Waals surface area (Å²) < 4.78 is 1.78. The van der Waals surface area contributed by atoms with E-state index in [0.717, 1.165) is 12.3 Å². The molecule has 0 aromatic carbocycles. The predicted molar refractivity (Wildman–Crippen MR) is 98.5 cm³/mol. The van der Waals surface area contributed by atoms with E-state index in [1.807, 2.05) is 6.20 Å². The summed E-state index contributed by atoms with van der Waals surface area (Å²) in [4.78, 5) is 20.9. The molecule has 0 radical (unpaired) electrons. The zero-order chi connectivity index (χ0) is 17.8. The molecule has 4 rings (SSSR count). The van der Waals surface area contributed by atoms with Gasteiger partial charge >= 0.3 is 0 Å².